The Kier molecular flexibility index (Phi) is 5.13. The van der Waals surface area contributed by atoms with E-state index in [0.717, 1.165) is 40.3 Å². The van der Waals surface area contributed by atoms with Crippen LogP contribution in [0.5, 0.6) is 11.5 Å². The average Bonchev–Trinajstić information content (AvgIpc) is 3.15. The van der Waals surface area contributed by atoms with Crippen LogP contribution in [0.1, 0.15) is 26.4 Å². The van der Waals surface area contributed by atoms with Gasteiger partial charge in [-0.1, -0.05) is 0 Å². The molecule has 1 amide bonds. The first-order chi connectivity index (χ1) is 14.4. The van der Waals surface area contributed by atoms with Crippen LogP contribution in [0.4, 0.5) is 10.8 Å². The Balaban J connectivity index is 1.62. The zero-order chi connectivity index (χ0) is 21.4. The number of amides is 1. The Hall–Kier alpha value is -3.46. The number of nitrogens with one attached hydrogen (secondary N) is 1. The topological polar surface area (TPSA) is 104 Å². The Morgan fingerprint density at radius 2 is 1.93 bits per heavy atom. The van der Waals surface area contributed by atoms with E-state index in [-0.39, 0.29) is 17.0 Å². The summed E-state index contributed by atoms with van der Waals surface area (Å²) in [5.74, 6) is 0.490. The van der Waals surface area contributed by atoms with Crippen LogP contribution in [0.15, 0.2) is 30.3 Å². The van der Waals surface area contributed by atoms with E-state index in [9.17, 15) is 14.9 Å². The van der Waals surface area contributed by atoms with Crippen molar-refractivity contribution >= 4 is 28.1 Å². The molecule has 8 nitrogen and oxygen atoms in total. The van der Waals surface area contributed by atoms with E-state index < -0.39 is 10.8 Å². The number of methoxy groups -OCH3 is 2. The van der Waals surface area contributed by atoms with Gasteiger partial charge >= 0.3 is 5.69 Å². The Morgan fingerprint density at radius 1 is 1.17 bits per heavy atom. The lowest BCUT2D eigenvalue weighted by atomic mass is 9.91. The van der Waals surface area contributed by atoms with Crippen LogP contribution in [0.25, 0.3) is 11.3 Å². The minimum absolute atomic E-state index is 0.101. The van der Waals surface area contributed by atoms with E-state index in [2.05, 4.69) is 16.4 Å². The summed E-state index contributed by atoms with van der Waals surface area (Å²) in [5, 5.41) is 14.4. The first-order valence-electron chi connectivity index (χ1n) is 9.22. The van der Waals surface area contributed by atoms with E-state index in [4.69, 9.17) is 9.47 Å². The normalized spacial score (nSPS) is 12.0. The standard InChI is InChI=1S/C21H19N3O5S/c1-11-8-14-12(10-17(11)29-3)5-7-18-19(14)22-21(30-18)23-20(25)13-4-6-16(28-2)15(9-13)24(26)27/h4,6,8-10H,5,7H2,1-3H3,(H,22,23,25). The lowest BCUT2D eigenvalue weighted by Gasteiger charge is -2.17. The summed E-state index contributed by atoms with van der Waals surface area (Å²) in [6.45, 7) is 1.99. The molecule has 4 rings (SSSR count). The van der Waals surface area contributed by atoms with Crippen molar-refractivity contribution < 1.29 is 19.2 Å². The maximum Gasteiger partial charge on any atom is 0.311 e. The number of ether oxygens (including phenoxy) is 2. The summed E-state index contributed by atoms with van der Waals surface area (Å²) < 4.78 is 10.4. The number of hydrogen-bond acceptors (Lipinski definition) is 7. The molecule has 1 aliphatic carbocycles. The molecule has 0 saturated heterocycles. The highest BCUT2D eigenvalue weighted by Crippen LogP contribution is 2.40. The molecule has 1 N–H and O–H groups in total. The van der Waals surface area contributed by atoms with Crippen LogP contribution < -0.4 is 14.8 Å². The fraction of sp³-hybridized carbons (Fsp3) is 0.238. The van der Waals surface area contributed by atoms with Gasteiger partial charge in [-0.2, -0.15) is 0 Å². The largest absolute Gasteiger partial charge is 0.496 e. The number of aryl methyl sites for hydroxylation is 3. The lowest BCUT2D eigenvalue weighted by molar-refractivity contribution is -0.385. The first-order valence-corrected chi connectivity index (χ1v) is 10.0. The predicted octanol–water partition coefficient (Wildman–Crippen LogP) is 4.39. The number of thiazole rings is 1. The highest BCUT2D eigenvalue weighted by Gasteiger charge is 2.24. The van der Waals surface area contributed by atoms with Crippen molar-refractivity contribution in [3.63, 3.8) is 0 Å². The molecule has 0 atom stereocenters. The molecule has 0 unspecified atom stereocenters. The van der Waals surface area contributed by atoms with Crippen LogP contribution in [0, 0.1) is 17.0 Å². The number of fused-ring (bicyclic) bond motifs is 3. The third-order valence-corrected chi connectivity index (χ3v) is 6.08. The molecule has 1 aromatic heterocycles. The fourth-order valence-corrected chi connectivity index (χ4v) is 4.52. The van der Waals surface area contributed by atoms with Gasteiger partial charge in [0.1, 0.15) is 5.75 Å². The SMILES string of the molecule is COc1cc2c(cc1C)-c1nc(NC(=O)c3ccc(OC)c([N+](=O)[O-])c3)sc1CC2. The second-order valence-electron chi connectivity index (χ2n) is 6.87. The summed E-state index contributed by atoms with van der Waals surface area (Å²) in [7, 11) is 3.00. The summed E-state index contributed by atoms with van der Waals surface area (Å²) in [5.41, 5.74) is 4.00. The third-order valence-electron chi connectivity index (χ3n) is 5.05. The van der Waals surface area contributed by atoms with Crippen molar-refractivity contribution in [1.29, 1.82) is 0 Å². The minimum atomic E-state index is -0.578. The number of hydrogen-bond donors (Lipinski definition) is 1. The van der Waals surface area contributed by atoms with E-state index in [1.165, 1.54) is 42.2 Å². The van der Waals surface area contributed by atoms with Gasteiger partial charge < -0.3 is 9.47 Å². The molecular formula is C21H19N3O5S. The fourth-order valence-electron chi connectivity index (χ4n) is 3.55. The van der Waals surface area contributed by atoms with E-state index in [1.54, 1.807) is 7.11 Å². The molecule has 0 aliphatic heterocycles. The first kappa shape index (κ1) is 19.8. The van der Waals surface area contributed by atoms with Crippen molar-refractivity contribution in [3.05, 3.63) is 62.0 Å². The summed E-state index contributed by atoms with van der Waals surface area (Å²) in [6, 6.07) is 8.20. The van der Waals surface area contributed by atoms with Crippen molar-refractivity contribution in [2.24, 2.45) is 0 Å². The zero-order valence-electron chi connectivity index (χ0n) is 16.6. The summed E-state index contributed by atoms with van der Waals surface area (Å²) >= 11 is 1.42. The van der Waals surface area contributed by atoms with Gasteiger partial charge in [-0.15, -0.1) is 11.3 Å². The van der Waals surface area contributed by atoms with Gasteiger partial charge in [0.2, 0.25) is 0 Å². The molecule has 30 heavy (non-hydrogen) atoms. The number of benzene rings is 2. The van der Waals surface area contributed by atoms with Gasteiger partial charge in [0.05, 0.1) is 24.8 Å². The highest BCUT2D eigenvalue weighted by atomic mass is 32.1. The smallest absolute Gasteiger partial charge is 0.311 e. The van der Waals surface area contributed by atoms with Crippen molar-refractivity contribution in [1.82, 2.24) is 4.98 Å². The molecular weight excluding hydrogens is 406 g/mol. The Bertz CT molecular complexity index is 1170. The molecule has 0 bridgehead atoms. The molecule has 0 spiro atoms. The highest BCUT2D eigenvalue weighted by molar-refractivity contribution is 7.16. The number of nitrogens with zero attached hydrogens (tertiary/aromatic N) is 2. The monoisotopic (exact) mass is 425 g/mol. The summed E-state index contributed by atoms with van der Waals surface area (Å²) in [6.07, 6.45) is 1.70. The Morgan fingerprint density at radius 3 is 2.63 bits per heavy atom. The average molecular weight is 425 g/mol. The summed E-state index contributed by atoms with van der Waals surface area (Å²) in [4.78, 5) is 29.0. The molecule has 0 fully saturated rings. The van der Waals surface area contributed by atoms with Crippen LogP contribution >= 0.6 is 11.3 Å². The third kappa shape index (κ3) is 3.48. The molecule has 154 valence electrons. The van der Waals surface area contributed by atoms with Gasteiger partial charge in [0.15, 0.2) is 10.9 Å². The van der Waals surface area contributed by atoms with Crippen molar-refractivity contribution in [3.8, 4) is 22.8 Å². The predicted molar refractivity (Wildman–Crippen MR) is 114 cm³/mol. The van der Waals surface area contributed by atoms with Gasteiger partial charge in [0, 0.05) is 22.1 Å². The second kappa shape index (κ2) is 7.75. The van der Waals surface area contributed by atoms with Gasteiger partial charge in [0.25, 0.3) is 5.91 Å². The van der Waals surface area contributed by atoms with E-state index >= 15 is 0 Å². The van der Waals surface area contributed by atoms with E-state index in [1.807, 2.05) is 13.0 Å². The van der Waals surface area contributed by atoms with Crippen LogP contribution in [0.3, 0.4) is 0 Å². The maximum atomic E-state index is 12.7. The van der Waals surface area contributed by atoms with Crippen LogP contribution in [0.2, 0.25) is 0 Å². The molecule has 0 radical (unpaired) electrons. The van der Waals surface area contributed by atoms with Crippen LogP contribution in [-0.2, 0) is 12.8 Å². The molecule has 2 aromatic carbocycles. The number of carbonyl (C=O) groups excluding carboxylic acids is 1. The number of anilines is 1. The van der Waals surface area contributed by atoms with Gasteiger partial charge in [-0.25, -0.2) is 4.98 Å². The molecule has 1 heterocycles. The number of nitro benzene ring substituents is 1. The number of aromatic nitrogens is 1. The number of nitro groups is 1. The number of carbonyl (C=O) groups is 1. The van der Waals surface area contributed by atoms with Crippen molar-refractivity contribution in [2.75, 3.05) is 19.5 Å². The maximum absolute atomic E-state index is 12.7. The number of rotatable bonds is 5. The van der Waals surface area contributed by atoms with Gasteiger partial charge in [-0.3, -0.25) is 20.2 Å². The zero-order valence-corrected chi connectivity index (χ0v) is 17.5. The minimum Gasteiger partial charge on any atom is -0.496 e. The lowest BCUT2D eigenvalue weighted by Crippen LogP contribution is -2.12. The van der Waals surface area contributed by atoms with Crippen molar-refractivity contribution in [2.45, 2.75) is 19.8 Å². The van der Waals surface area contributed by atoms with Gasteiger partial charge in [-0.05, 0) is 55.2 Å². The molecule has 3 aromatic rings. The Labute approximate surface area is 176 Å². The van der Waals surface area contributed by atoms with Crippen LogP contribution in [-0.4, -0.2) is 30.0 Å². The molecule has 0 saturated carbocycles. The quantitative estimate of drug-likeness (QED) is 0.480. The molecule has 9 heteroatoms. The van der Waals surface area contributed by atoms with E-state index in [0.29, 0.717) is 5.13 Å². The second-order valence-corrected chi connectivity index (χ2v) is 7.95. The molecule has 1 aliphatic rings.